The molecule has 9 atom stereocenters. The average molecular weight is 387 g/mol. The third-order valence-corrected chi connectivity index (χ3v) is 10.6. The van der Waals surface area contributed by atoms with E-state index in [9.17, 15) is 5.11 Å². The SMILES string of the molecule is CC(C)=CCCC(C)C1CCC2C3CCC4CC(O)CCC4(C)C3CCC12C. The van der Waals surface area contributed by atoms with E-state index >= 15 is 0 Å². The van der Waals surface area contributed by atoms with Gasteiger partial charge in [-0.05, 0) is 131 Å². The average Bonchev–Trinajstić information content (AvgIpc) is 2.99. The molecule has 4 saturated carbocycles. The first-order chi connectivity index (χ1) is 13.3. The first-order valence-electron chi connectivity index (χ1n) is 12.6. The van der Waals surface area contributed by atoms with Gasteiger partial charge in [0.15, 0.2) is 0 Å². The second-order valence-corrected chi connectivity index (χ2v) is 12.1. The zero-order valence-corrected chi connectivity index (χ0v) is 19.3. The smallest absolute Gasteiger partial charge is 0.0543 e. The summed E-state index contributed by atoms with van der Waals surface area (Å²) in [6.45, 7) is 12.4. The van der Waals surface area contributed by atoms with E-state index in [2.05, 4.69) is 40.7 Å². The lowest BCUT2D eigenvalue weighted by Gasteiger charge is -2.61. The zero-order valence-electron chi connectivity index (χ0n) is 19.3. The second kappa shape index (κ2) is 7.75. The summed E-state index contributed by atoms with van der Waals surface area (Å²) in [6.07, 6.45) is 17.3. The van der Waals surface area contributed by atoms with Gasteiger partial charge in [0.2, 0.25) is 0 Å². The van der Waals surface area contributed by atoms with Crippen molar-refractivity contribution in [3.05, 3.63) is 11.6 Å². The van der Waals surface area contributed by atoms with Crippen LogP contribution in [0.2, 0.25) is 0 Å². The molecule has 1 nitrogen and oxygen atoms in total. The van der Waals surface area contributed by atoms with Gasteiger partial charge in [0.1, 0.15) is 0 Å². The lowest BCUT2D eigenvalue weighted by Crippen LogP contribution is -2.54. The van der Waals surface area contributed by atoms with Crippen molar-refractivity contribution in [1.82, 2.24) is 0 Å². The minimum absolute atomic E-state index is 0.0130. The van der Waals surface area contributed by atoms with Crippen molar-refractivity contribution in [2.75, 3.05) is 0 Å². The first kappa shape index (κ1) is 21.0. The normalized spacial score (nSPS) is 48.9. The molecule has 0 spiro atoms. The molecule has 28 heavy (non-hydrogen) atoms. The lowest BCUT2D eigenvalue weighted by atomic mass is 9.44. The summed E-state index contributed by atoms with van der Waals surface area (Å²) in [6, 6.07) is 0. The number of aliphatic hydroxyl groups excluding tert-OH is 1. The maximum absolute atomic E-state index is 10.2. The summed E-state index contributed by atoms with van der Waals surface area (Å²) >= 11 is 0. The van der Waals surface area contributed by atoms with Crippen LogP contribution in [0, 0.1) is 46.3 Å². The highest BCUT2D eigenvalue weighted by molar-refractivity contribution is 5.09. The topological polar surface area (TPSA) is 20.2 Å². The van der Waals surface area contributed by atoms with Crippen LogP contribution < -0.4 is 0 Å². The maximum Gasteiger partial charge on any atom is 0.0543 e. The van der Waals surface area contributed by atoms with Crippen molar-refractivity contribution in [1.29, 1.82) is 0 Å². The van der Waals surface area contributed by atoms with E-state index in [1.54, 1.807) is 0 Å². The molecule has 0 aromatic rings. The summed E-state index contributed by atoms with van der Waals surface area (Å²) < 4.78 is 0. The molecule has 160 valence electrons. The molecule has 0 aliphatic heterocycles. The van der Waals surface area contributed by atoms with Crippen LogP contribution >= 0.6 is 0 Å². The van der Waals surface area contributed by atoms with E-state index in [0.29, 0.717) is 10.8 Å². The van der Waals surface area contributed by atoms with Gasteiger partial charge in [0, 0.05) is 0 Å². The van der Waals surface area contributed by atoms with Crippen LogP contribution in [-0.2, 0) is 0 Å². The fourth-order valence-electron chi connectivity index (χ4n) is 9.05. The molecule has 0 heterocycles. The third kappa shape index (κ3) is 3.42. The fraction of sp³-hybridized carbons (Fsp3) is 0.926. The van der Waals surface area contributed by atoms with E-state index in [0.717, 1.165) is 48.3 Å². The number of allylic oxidation sites excluding steroid dienone is 2. The van der Waals surface area contributed by atoms with Gasteiger partial charge in [-0.3, -0.25) is 0 Å². The Kier molecular flexibility index (Phi) is 5.80. The number of aliphatic hydroxyl groups is 1. The second-order valence-electron chi connectivity index (χ2n) is 12.1. The van der Waals surface area contributed by atoms with Gasteiger partial charge in [-0.2, -0.15) is 0 Å². The predicted molar refractivity (Wildman–Crippen MR) is 119 cm³/mol. The Balaban J connectivity index is 1.48. The standard InChI is InChI=1S/C27H46O/c1-18(2)7-6-8-19(3)23-11-12-24-22-10-9-20-17-21(28)13-15-26(20,4)25(22)14-16-27(23,24)5/h7,19-25,28H,6,8-17H2,1-5H3. The highest BCUT2D eigenvalue weighted by Gasteiger charge is 2.60. The van der Waals surface area contributed by atoms with Crippen molar-refractivity contribution in [3.8, 4) is 0 Å². The molecular formula is C27H46O. The molecule has 0 radical (unpaired) electrons. The maximum atomic E-state index is 10.2. The molecule has 0 bridgehead atoms. The minimum Gasteiger partial charge on any atom is -0.393 e. The molecule has 4 rings (SSSR count). The predicted octanol–water partition coefficient (Wildman–Crippen LogP) is 7.39. The highest BCUT2D eigenvalue weighted by atomic mass is 16.3. The third-order valence-electron chi connectivity index (χ3n) is 10.6. The largest absolute Gasteiger partial charge is 0.393 e. The molecule has 1 heteroatoms. The van der Waals surface area contributed by atoms with Gasteiger partial charge in [-0.1, -0.05) is 32.4 Å². The van der Waals surface area contributed by atoms with Crippen LogP contribution in [0.5, 0.6) is 0 Å². The number of rotatable bonds is 4. The van der Waals surface area contributed by atoms with Crippen LogP contribution in [0.15, 0.2) is 11.6 Å². The number of hydrogen-bond acceptors (Lipinski definition) is 1. The van der Waals surface area contributed by atoms with Crippen molar-refractivity contribution in [3.63, 3.8) is 0 Å². The minimum atomic E-state index is -0.0130. The van der Waals surface area contributed by atoms with Crippen LogP contribution in [-0.4, -0.2) is 11.2 Å². The van der Waals surface area contributed by atoms with Gasteiger partial charge in [0.25, 0.3) is 0 Å². The van der Waals surface area contributed by atoms with Crippen molar-refractivity contribution >= 4 is 0 Å². The Hall–Kier alpha value is -0.300. The van der Waals surface area contributed by atoms with E-state index in [-0.39, 0.29) is 6.10 Å². The Morgan fingerprint density at radius 3 is 2.43 bits per heavy atom. The summed E-state index contributed by atoms with van der Waals surface area (Å²) in [7, 11) is 0. The van der Waals surface area contributed by atoms with Crippen LogP contribution in [0.25, 0.3) is 0 Å². The van der Waals surface area contributed by atoms with Crippen molar-refractivity contribution < 1.29 is 5.11 Å². The molecule has 4 aliphatic rings. The molecule has 1 N–H and O–H groups in total. The molecule has 0 aromatic heterocycles. The van der Waals surface area contributed by atoms with Gasteiger partial charge in [0.05, 0.1) is 6.10 Å². The molecule has 0 saturated heterocycles. The van der Waals surface area contributed by atoms with E-state index in [4.69, 9.17) is 0 Å². The molecule has 4 fully saturated rings. The van der Waals surface area contributed by atoms with Gasteiger partial charge in [-0.15, -0.1) is 0 Å². The fourth-order valence-corrected chi connectivity index (χ4v) is 9.05. The van der Waals surface area contributed by atoms with E-state index in [1.807, 2.05) is 0 Å². The Morgan fingerprint density at radius 1 is 0.964 bits per heavy atom. The zero-order chi connectivity index (χ0) is 20.1. The molecule has 0 aromatic carbocycles. The Morgan fingerprint density at radius 2 is 1.68 bits per heavy atom. The Bertz CT molecular complexity index is 589. The number of fused-ring (bicyclic) bond motifs is 5. The summed E-state index contributed by atoms with van der Waals surface area (Å²) in [4.78, 5) is 0. The number of hydrogen-bond donors (Lipinski definition) is 1. The summed E-state index contributed by atoms with van der Waals surface area (Å²) in [5, 5.41) is 10.2. The molecular weight excluding hydrogens is 340 g/mol. The molecule has 9 unspecified atom stereocenters. The van der Waals surface area contributed by atoms with Gasteiger partial charge >= 0.3 is 0 Å². The first-order valence-corrected chi connectivity index (χ1v) is 12.6. The Labute approximate surface area is 174 Å². The monoisotopic (exact) mass is 386 g/mol. The van der Waals surface area contributed by atoms with Crippen molar-refractivity contribution in [2.24, 2.45) is 46.3 Å². The van der Waals surface area contributed by atoms with E-state index in [1.165, 1.54) is 63.4 Å². The summed E-state index contributed by atoms with van der Waals surface area (Å²) in [5.74, 6) is 5.51. The molecule has 4 aliphatic carbocycles. The van der Waals surface area contributed by atoms with Crippen LogP contribution in [0.3, 0.4) is 0 Å². The summed E-state index contributed by atoms with van der Waals surface area (Å²) in [5.41, 5.74) is 2.60. The van der Waals surface area contributed by atoms with E-state index < -0.39 is 0 Å². The van der Waals surface area contributed by atoms with Crippen LogP contribution in [0.1, 0.15) is 105 Å². The quantitative estimate of drug-likeness (QED) is 0.499. The lowest BCUT2D eigenvalue weighted by molar-refractivity contribution is -0.129. The van der Waals surface area contributed by atoms with Crippen molar-refractivity contribution in [2.45, 2.75) is 111 Å². The molecule has 0 amide bonds. The van der Waals surface area contributed by atoms with Gasteiger partial charge in [-0.25, -0.2) is 0 Å². The van der Waals surface area contributed by atoms with Gasteiger partial charge < -0.3 is 5.11 Å². The highest BCUT2D eigenvalue weighted by Crippen LogP contribution is 2.68. The van der Waals surface area contributed by atoms with Crippen LogP contribution in [0.4, 0.5) is 0 Å².